The number of methoxy groups -OCH3 is 1. The smallest absolute Gasteiger partial charge is 0.275 e. The third-order valence-corrected chi connectivity index (χ3v) is 2.10. The minimum absolute atomic E-state index is 0.249. The summed E-state index contributed by atoms with van der Waals surface area (Å²) >= 11 is 0. The zero-order valence-corrected chi connectivity index (χ0v) is 8.23. The molecule has 1 aromatic heterocycles. The number of nitrogens with zero attached hydrogens (tertiary/aromatic N) is 1. The molecular formula is C11H10N2O2. The van der Waals surface area contributed by atoms with Crippen molar-refractivity contribution in [3.8, 4) is 16.9 Å². The third kappa shape index (κ3) is 1.74. The van der Waals surface area contributed by atoms with Crippen LogP contribution >= 0.6 is 0 Å². The van der Waals surface area contributed by atoms with Gasteiger partial charge in [0.25, 0.3) is 5.56 Å². The van der Waals surface area contributed by atoms with Gasteiger partial charge in [0, 0.05) is 0 Å². The minimum Gasteiger partial charge on any atom is -0.494 e. The van der Waals surface area contributed by atoms with Crippen LogP contribution in [0.5, 0.6) is 5.75 Å². The SMILES string of the molecule is COc1cn[nH]c(=O)c1-c1ccccc1. The number of aromatic amines is 1. The molecule has 15 heavy (non-hydrogen) atoms. The van der Waals surface area contributed by atoms with Crippen molar-refractivity contribution in [1.82, 2.24) is 10.2 Å². The maximum atomic E-state index is 11.6. The highest BCUT2D eigenvalue weighted by Crippen LogP contribution is 2.23. The molecule has 1 N–H and O–H groups in total. The molecule has 1 heterocycles. The first-order chi connectivity index (χ1) is 7.33. The highest BCUT2D eigenvalue weighted by atomic mass is 16.5. The lowest BCUT2D eigenvalue weighted by molar-refractivity contribution is 0.412. The molecule has 0 fully saturated rings. The van der Waals surface area contributed by atoms with Gasteiger partial charge in [0.15, 0.2) is 5.75 Å². The van der Waals surface area contributed by atoms with Crippen molar-refractivity contribution in [3.63, 3.8) is 0 Å². The second-order valence-electron chi connectivity index (χ2n) is 3.01. The zero-order valence-electron chi connectivity index (χ0n) is 8.23. The fraction of sp³-hybridized carbons (Fsp3) is 0.0909. The molecule has 4 heteroatoms. The zero-order chi connectivity index (χ0) is 10.7. The Hall–Kier alpha value is -2.10. The van der Waals surface area contributed by atoms with Crippen molar-refractivity contribution in [2.45, 2.75) is 0 Å². The molecule has 76 valence electrons. The fourth-order valence-electron chi connectivity index (χ4n) is 1.41. The Labute approximate surface area is 86.5 Å². The van der Waals surface area contributed by atoms with Gasteiger partial charge in [-0.25, -0.2) is 5.10 Å². The number of rotatable bonds is 2. The van der Waals surface area contributed by atoms with Crippen molar-refractivity contribution in [3.05, 3.63) is 46.9 Å². The van der Waals surface area contributed by atoms with Crippen LogP contribution in [-0.4, -0.2) is 17.3 Å². The molecule has 1 aromatic carbocycles. The van der Waals surface area contributed by atoms with Gasteiger partial charge in [0.2, 0.25) is 0 Å². The van der Waals surface area contributed by atoms with E-state index in [0.29, 0.717) is 11.3 Å². The predicted molar refractivity (Wildman–Crippen MR) is 56.8 cm³/mol. The Kier molecular flexibility index (Phi) is 2.49. The number of nitrogens with one attached hydrogen (secondary N) is 1. The lowest BCUT2D eigenvalue weighted by Gasteiger charge is -2.05. The van der Waals surface area contributed by atoms with Gasteiger partial charge in [-0.05, 0) is 5.56 Å². The highest BCUT2D eigenvalue weighted by Gasteiger charge is 2.09. The molecule has 0 aliphatic heterocycles. The summed E-state index contributed by atoms with van der Waals surface area (Å²) in [5.41, 5.74) is 1.08. The Morgan fingerprint density at radius 1 is 1.27 bits per heavy atom. The molecule has 0 aliphatic rings. The molecular weight excluding hydrogens is 192 g/mol. The van der Waals surface area contributed by atoms with Crippen LogP contribution in [0, 0.1) is 0 Å². The van der Waals surface area contributed by atoms with Crippen LogP contribution in [0.2, 0.25) is 0 Å². The summed E-state index contributed by atoms with van der Waals surface area (Å²) in [6, 6.07) is 9.34. The maximum Gasteiger partial charge on any atom is 0.275 e. The summed E-state index contributed by atoms with van der Waals surface area (Å²) in [5, 5.41) is 6.07. The van der Waals surface area contributed by atoms with E-state index >= 15 is 0 Å². The van der Waals surface area contributed by atoms with Crippen LogP contribution in [0.3, 0.4) is 0 Å². The van der Waals surface area contributed by atoms with Gasteiger partial charge < -0.3 is 4.74 Å². The summed E-state index contributed by atoms with van der Waals surface area (Å²) in [7, 11) is 1.52. The van der Waals surface area contributed by atoms with Crippen molar-refractivity contribution in [2.75, 3.05) is 7.11 Å². The number of benzene rings is 1. The second-order valence-corrected chi connectivity index (χ2v) is 3.01. The van der Waals surface area contributed by atoms with Gasteiger partial charge in [0.1, 0.15) is 0 Å². The lowest BCUT2D eigenvalue weighted by atomic mass is 10.1. The quantitative estimate of drug-likeness (QED) is 0.801. The first kappa shape index (κ1) is 9.45. The standard InChI is InChI=1S/C11H10N2O2/c1-15-9-7-12-13-11(14)10(9)8-5-3-2-4-6-8/h2-7H,1H3,(H,13,14). The summed E-state index contributed by atoms with van der Waals surface area (Å²) in [6.45, 7) is 0. The first-order valence-corrected chi connectivity index (χ1v) is 4.50. The van der Waals surface area contributed by atoms with Crippen LogP contribution in [0.1, 0.15) is 0 Å². The average molecular weight is 202 g/mol. The van der Waals surface area contributed by atoms with Gasteiger partial charge >= 0.3 is 0 Å². The van der Waals surface area contributed by atoms with Crippen molar-refractivity contribution in [2.24, 2.45) is 0 Å². The van der Waals surface area contributed by atoms with E-state index in [1.54, 1.807) is 0 Å². The van der Waals surface area contributed by atoms with Crippen LogP contribution in [-0.2, 0) is 0 Å². The number of H-pyrrole nitrogens is 1. The van der Waals surface area contributed by atoms with Crippen LogP contribution in [0.25, 0.3) is 11.1 Å². The summed E-state index contributed by atoms with van der Waals surface area (Å²) in [4.78, 5) is 11.6. The van der Waals surface area contributed by atoms with Crippen LogP contribution in [0.4, 0.5) is 0 Å². The Morgan fingerprint density at radius 2 is 2.00 bits per heavy atom. The van der Waals surface area contributed by atoms with E-state index in [4.69, 9.17) is 4.74 Å². The largest absolute Gasteiger partial charge is 0.494 e. The van der Waals surface area contributed by atoms with Crippen LogP contribution in [0.15, 0.2) is 41.3 Å². The normalized spacial score (nSPS) is 9.93. The van der Waals surface area contributed by atoms with Crippen molar-refractivity contribution in [1.29, 1.82) is 0 Å². The van der Waals surface area contributed by atoms with Gasteiger partial charge in [-0.2, -0.15) is 5.10 Å². The first-order valence-electron chi connectivity index (χ1n) is 4.50. The molecule has 0 spiro atoms. The summed E-state index contributed by atoms with van der Waals surface area (Å²) in [6.07, 6.45) is 1.49. The molecule has 0 amide bonds. The number of aromatic nitrogens is 2. The average Bonchev–Trinajstić information content (AvgIpc) is 2.29. The Morgan fingerprint density at radius 3 is 2.67 bits per heavy atom. The fourth-order valence-corrected chi connectivity index (χ4v) is 1.41. The van der Waals surface area contributed by atoms with Crippen molar-refractivity contribution < 1.29 is 4.74 Å². The van der Waals surface area contributed by atoms with E-state index in [0.717, 1.165) is 5.56 Å². The molecule has 2 rings (SSSR count). The monoisotopic (exact) mass is 202 g/mol. The summed E-state index contributed by atoms with van der Waals surface area (Å²) < 4.78 is 5.10. The van der Waals surface area contributed by atoms with Crippen molar-refractivity contribution >= 4 is 0 Å². The minimum atomic E-state index is -0.249. The van der Waals surface area contributed by atoms with E-state index in [1.807, 2.05) is 30.3 Å². The second kappa shape index (κ2) is 3.96. The summed E-state index contributed by atoms with van der Waals surface area (Å²) in [5.74, 6) is 0.477. The number of hydrogen-bond donors (Lipinski definition) is 1. The molecule has 0 saturated heterocycles. The van der Waals surface area contributed by atoms with Gasteiger partial charge in [0.05, 0.1) is 18.9 Å². The van der Waals surface area contributed by atoms with E-state index in [-0.39, 0.29) is 5.56 Å². The molecule has 0 unspecified atom stereocenters. The van der Waals surface area contributed by atoms with E-state index in [2.05, 4.69) is 10.2 Å². The Balaban J connectivity index is 2.67. The lowest BCUT2D eigenvalue weighted by Crippen LogP contribution is -2.11. The molecule has 0 aliphatic carbocycles. The molecule has 0 atom stereocenters. The molecule has 0 bridgehead atoms. The Bertz CT molecular complexity index is 505. The maximum absolute atomic E-state index is 11.6. The third-order valence-electron chi connectivity index (χ3n) is 2.10. The topological polar surface area (TPSA) is 55.0 Å². The molecule has 4 nitrogen and oxygen atoms in total. The van der Waals surface area contributed by atoms with E-state index in [1.165, 1.54) is 13.3 Å². The molecule has 2 aromatic rings. The van der Waals surface area contributed by atoms with Gasteiger partial charge in [-0.1, -0.05) is 30.3 Å². The molecule has 0 radical (unpaired) electrons. The van der Waals surface area contributed by atoms with E-state index in [9.17, 15) is 4.79 Å². The molecule has 0 saturated carbocycles. The van der Waals surface area contributed by atoms with E-state index < -0.39 is 0 Å². The van der Waals surface area contributed by atoms with Gasteiger partial charge in [-0.3, -0.25) is 4.79 Å². The number of ether oxygens (including phenoxy) is 1. The van der Waals surface area contributed by atoms with Crippen LogP contribution < -0.4 is 10.3 Å². The number of hydrogen-bond acceptors (Lipinski definition) is 3. The highest BCUT2D eigenvalue weighted by molar-refractivity contribution is 5.68. The van der Waals surface area contributed by atoms with Gasteiger partial charge in [-0.15, -0.1) is 0 Å². The predicted octanol–water partition coefficient (Wildman–Crippen LogP) is 1.45.